The number of anilines is 2. The summed E-state index contributed by atoms with van der Waals surface area (Å²) in [5.41, 5.74) is 0.228. The maximum absolute atomic E-state index is 13.6. The molecule has 174 valence electrons. The highest BCUT2D eigenvalue weighted by atomic mass is 19.2. The Morgan fingerprint density at radius 1 is 1.06 bits per heavy atom. The molecule has 2 N–H and O–H groups in total. The SMILES string of the molecule is CC(OC(=O)c1ccc(N2CCCC2=O)cc1)C(=O)NCC(=O)Nc1ccc(F)c(F)c1F. The number of halogens is 3. The van der Waals surface area contributed by atoms with Crippen LogP contribution in [0.1, 0.15) is 30.1 Å². The van der Waals surface area contributed by atoms with Crippen LogP contribution in [0.5, 0.6) is 0 Å². The summed E-state index contributed by atoms with van der Waals surface area (Å²) >= 11 is 0. The van der Waals surface area contributed by atoms with Gasteiger partial charge in [-0.3, -0.25) is 14.4 Å². The van der Waals surface area contributed by atoms with Crippen molar-refractivity contribution in [3.63, 3.8) is 0 Å². The fraction of sp³-hybridized carbons (Fsp3) is 0.273. The number of benzene rings is 2. The molecule has 0 bridgehead atoms. The molecule has 1 unspecified atom stereocenters. The van der Waals surface area contributed by atoms with Crippen molar-refractivity contribution in [1.82, 2.24) is 5.32 Å². The van der Waals surface area contributed by atoms with Gasteiger partial charge in [0.25, 0.3) is 5.91 Å². The fourth-order valence-electron chi connectivity index (χ4n) is 3.11. The normalized spacial score (nSPS) is 14.1. The lowest BCUT2D eigenvalue weighted by Crippen LogP contribution is -2.40. The molecule has 0 spiro atoms. The Balaban J connectivity index is 1.49. The summed E-state index contributed by atoms with van der Waals surface area (Å²) in [6, 6.07) is 7.63. The lowest BCUT2D eigenvalue weighted by atomic mass is 10.2. The van der Waals surface area contributed by atoms with Crippen molar-refractivity contribution >= 4 is 35.1 Å². The lowest BCUT2D eigenvalue weighted by molar-refractivity contribution is -0.130. The van der Waals surface area contributed by atoms with Gasteiger partial charge in [-0.15, -0.1) is 0 Å². The Hall–Kier alpha value is -3.89. The van der Waals surface area contributed by atoms with Crippen molar-refractivity contribution < 1.29 is 37.1 Å². The van der Waals surface area contributed by atoms with Crippen LogP contribution in [0.2, 0.25) is 0 Å². The fourth-order valence-corrected chi connectivity index (χ4v) is 3.11. The molecule has 1 heterocycles. The number of hydrogen-bond acceptors (Lipinski definition) is 5. The number of esters is 1. The predicted molar refractivity (Wildman–Crippen MR) is 111 cm³/mol. The monoisotopic (exact) mass is 463 g/mol. The first-order valence-corrected chi connectivity index (χ1v) is 10.00. The number of amides is 3. The standard InChI is InChI=1S/C22H20F3N3O5/c1-12(21(31)26-11-17(29)27-16-9-8-15(23)19(24)20(16)25)33-22(32)13-4-6-14(7-5-13)28-10-2-3-18(28)30/h4-9,12H,2-3,10-11H2,1H3,(H,26,31)(H,27,29). The third kappa shape index (κ3) is 5.68. The second kappa shape index (κ2) is 10.2. The number of nitrogens with zero attached hydrogens (tertiary/aromatic N) is 1. The largest absolute Gasteiger partial charge is 0.449 e. The second-order valence-electron chi connectivity index (χ2n) is 7.23. The van der Waals surface area contributed by atoms with Gasteiger partial charge in [-0.25, -0.2) is 18.0 Å². The Kier molecular flexibility index (Phi) is 7.31. The maximum atomic E-state index is 13.6. The van der Waals surface area contributed by atoms with Gasteiger partial charge in [0.2, 0.25) is 11.8 Å². The van der Waals surface area contributed by atoms with E-state index in [1.165, 1.54) is 19.1 Å². The topological polar surface area (TPSA) is 105 Å². The molecule has 3 rings (SSSR count). The molecule has 1 atom stereocenters. The van der Waals surface area contributed by atoms with Gasteiger partial charge in [0, 0.05) is 18.7 Å². The predicted octanol–water partition coefficient (Wildman–Crippen LogP) is 2.53. The van der Waals surface area contributed by atoms with Crippen LogP contribution in [-0.4, -0.2) is 42.9 Å². The van der Waals surface area contributed by atoms with E-state index in [4.69, 9.17) is 4.74 Å². The van der Waals surface area contributed by atoms with Crippen molar-refractivity contribution in [3.05, 3.63) is 59.4 Å². The van der Waals surface area contributed by atoms with Gasteiger partial charge < -0.3 is 20.3 Å². The number of carbonyl (C=O) groups is 4. The molecule has 3 amide bonds. The number of ether oxygens (including phenoxy) is 1. The van der Waals surface area contributed by atoms with Crippen LogP contribution in [0, 0.1) is 17.5 Å². The lowest BCUT2D eigenvalue weighted by Gasteiger charge is -2.16. The summed E-state index contributed by atoms with van der Waals surface area (Å²) in [5.74, 6) is -7.21. The van der Waals surface area contributed by atoms with Gasteiger partial charge in [-0.2, -0.15) is 0 Å². The maximum Gasteiger partial charge on any atom is 0.338 e. The van der Waals surface area contributed by atoms with Crippen LogP contribution in [0.3, 0.4) is 0 Å². The molecule has 0 saturated carbocycles. The van der Waals surface area contributed by atoms with E-state index in [1.807, 2.05) is 5.32 Å². The molecule has 0 radical (unpaired) electrons. The van der Waals surface area contributed by atoms with E-state index in [9.17, 15) is 32.3 Å². The molecule has 2 aromatic carbocycles. The first-order chi connectivity index (χ1) is 15.7. The van der Waals surface area contributed by atoms with E-state index in [0.717, 1.165) is 12.5 Å². The first kappa shape index (κ1) is 23.8. The van der Waals surface area contributed by atoms with E-state index >= 15 is 0 Å². The molecule has 2 aromatic rings. The Morgan fingerprint density at radius 2 is 1.76 bits per heavy atom. The Morgan fingerprint density at radius 3 is 2.39 bits per heavy atom. The highest BCUT2D eigenvalue weighted by Crippen LogP contribution is 2.22. The van der Waals surface area contributed by atoms with Crippen molar-refractivity contribution in [3.8, 4) is 0 Å². The molecular formula is C22H20F3N3O5. The van der Waals surface area contributed by atoms with Crippen LogP contribution in [0.15, 0.2) is 36.4 Å². The quantitative estimate of drug-likeness (QED) is 0.485. The minimum Gasteiger partial charge on any atom is -0.449 e. The van der Waals surface area contributed by atoms with E-state index in [0.29, 0.717) is 24.7 Å². The average molecular weight is 463 g/mol. The minimum atomic E-state index is -1.74. The molecule has 11 heteroatoms. The van der Waals surface area contributed by atoms with Crippen molar-refractivity contribution in [2.24, 2.45) is 0 Å². The number of carbonyl (C=O) groups excluding carboxylic acids is 4. The first-order valence-electron chi connectivity index (χ1n) is 10.00. The zero-order valence-corrected chi connectivity index (χ0v) is 17.5. The van der Waals surface area contributed by atoms with Crippen LogP contribution < -0.4 is 15.5 Å². The van der Waals surface area contributed by atoms with Gasteiger partial charge in [0.15, 0.2) is 23.6 Å². The molecule has 1 saturated heterocycles. The number of nitrogens with one attached hydrogen (secondary N) is 2. The molecule has 1 fully saturated rings. The molecule has 0 aromatic heterocycles. The third-order valence-corrected chi connectivity index (χ3v) is 4.87. The van der Waals surface area contributed by atoms with Gasteiger partial charge in [-0.1, -0.05) is 0 Å². The molecule has 0 aliphatic carbocycles. The summed E-state index contributed by atoms with van der Waals surface area (Å²) in [6.45, 7) is 1.27. The van der Waals surface area contributed by atoms with Gasteiger partial charge in [-0.05, 0) is 49.7 Å². The van der Waals surface area contributed by atoms with Crippen LogP contribution >= 0.6 is 0 Å². The van der Waals surface area contributed by atoms with E-state index in [2.05, 4.69) is 5.32 Å². The van der Waals surface area contributed by atoms with Gasteiger partial charge in [0.1, 0.15) is 0 Å². The minimum absolute atomic E-state index is 0.00644. The molecular weight excluding hydrogens is 443 g/mol. The second-order valence-corrected chi connectivity index (χ2v) is 7.23. The smallest absolute Gasteiger partial charge is 0.338 e. The van der Waals surface area contributed by atoms with E-state index in [1.54, 1.807) is 17.0 Å². The van der Waals surface area contributed by atoms with Crippen LogP contribution in [-0.2, 0) is 19.1 Å². The van der Waals surface area contributed by atoms with Crippen molar-refractivity contribution in [1.29, 1.82) is 0 Å². The highest BCUT2D eigenvalue weighted by molar-refractivity contribution is 5.97. The summed E-state index contributed by atoms with van der Waals surface area (Å²) in [6.07, 6.45) is -0.0159. The van der Waals surface area contributed by atoms with Gasteiger partial charge in [0.05, 0.1) is 17.8 Å². The van der Waals surface area contributed by atoms with Crippen molar-refractivity contribution in [2.45, 2.75) is 25.9 Å². The summed E-state index contributed by atoms with van der Waals surface area (Å²) < 4.78 is 44.8. The Labute approximate surface area is 186 Å². The molecule has 8 nitrogen and oxygen atoms in total. The molecule has 33 heavy (non-hydrogen) atoms. The number of hydrogen-bond donors (Lipinski definition) is 2. The molecule has 1 aliphatic heterocycles. The highest BCUT2D eigenvalue weighted by Gasteiger charge is 2.23. The number of rotatable bonds is 7. The van der Waals surface area contributed by atoms with E-state index < -0.39 is 53.6 Å². The summed E-state index contributed by atoms with van der Waals surface area (Å²) in [5, 5.41) is 4.19. The molecule has 1 aliphatic rings. The zero-order valence-electron chi connectivity index (χ0n) is 17.5. The summed E-state index contributed by atoms with van der Waals surface area (Å²) in [4.78, 5) is 49.6. The van der Waals surface area contributed by atoms with Crippen LogP contribution in [0.25, 0.3) is 0 Å². The Bertz CT molecular complexity index is 1090. The zero-order chi connectivity index (χ0) is 24.1. The average Bonchev–Trinajstić information content (AvgIpc) is 3.23. The van der Waals surface area contributed by atoms with Crippen molar-refractivity contribution in [2.75, 3.05) is 23.3 Å². The summed E-state index contributed by atoms with van der Waals surface area (Å²) in [7, 11) is 0. The van der Waals surface area contributed by atoms with Gasteiger partial charge >= 0.3 is 5.97 Å². The van der Waals surface area contributed by atoms with E-state index in [-0.39, 0.29) is 11.5 Å². The van der Waals surface area contributed by atoms with Crippen LogP contribution in [0.4, 0.5) is 24.5 Å². The third-order valence-electron chi connectivity index (χ3n) is 4.87.